The third-order valence-corrected chi connectivity index (χ3v) is 3.82. The van der Waals surface area contributed by atoms with E-state index in [9.17, 15) is 18.4 Å². The van der Waals surface area contributed by atoms with Crippen molar-refractivity contribution in [3.05, 3.63) is 64.7 Å². The molecule has 0 unspecified atom stereocenters. The van der Waals surface area contributed by atoms with Crippen LogP contribution >= 0.6 is 0 Å². The maximum Gasteiger partial charge on any atom is 0.387 e. The first-order chi connectivity index (χ1) is 12.8. The summed E-state index contributed by atoms with van der Waals surface area (Å²) >= 11 is 0. The van der Waals surface area contributed by atoms with Crippen molar-refractivity contribution in [2.24, 2.45) is 0 Å². The van der Waals surface area contributed by atoms with E-state index >= 15 is 0 Å². The monoisotopic (exact) mass is 377 g/mol. The molecule has 0 bridgehead atoms. The van der Waals surface area contributed by atoms with Crippen LogP contribution in [0.2, 0.25) is 0 Å². The highest BCUT2D eigenvalue weighted by Crippen LogP contribution is 2.15. The number of alkyl halides is 2. The summed E-state index contributed by atoms with van der Waals surface area (Å²) in [4.78, 5) is 23.8. The number of esters is 1. The van der Waals surface area contributed by atoms with Crippen LogP contribution in [0.15, 0.2) is 42.5 Å². The van der Waals surface area contributed by atoms with Gasteiger partial charge in [0.1, 0.15) is 5.75 Å². The maximum atomic E-state index is 12.1. The molecule has 7 heteroatoms. The van der Waals surface area contributed by atoms with Gasteiger partial charge in [0.05, 0.1) is 5.56 Å². The molecule has 0 saturated heterocycles. The molecule has 0 heterocycles. The number of carbonyl (C=O) groups is 2. The number of aryl methyl sites for hydroxylation is 2. The van der Waals surface area contributed by atoms with Crippen LogP contribution in [-0.2, 0) is 16.0 Å². The van der Waals surface area contributed by atoms with Gasteiger partial charge in [-0.3, -0.25) is 4.79 Å². The first-order valence-electron chi connectivity index (χ1n) is 8.40. The van der Waals surface area contributed by atoms with Gasteiger partial charge in [0.2, 0.25) is 0 Å². The van der Waals surface area contributed by atoms with E-state index in [1.54, 1.807) is 31.2 Å². The molecule has 0 radical (unpaired) electrons. The second-order valence-corrected chi connectivity index (χ2v) is 6.02. The van der Waals surface area contributed by atoms with Gasteiger partial charge in [0.25, 0.3) is 5.91 Å². The largest absolute Gasteiger partial charge is 0.452 e. The molecule has 144 valence electrons. The van der Waals surface area contributed by atoms with Crippen LogP contribution < -0.4 is 10.1 Å². The van der Waals surface area contributed by atoms with Crippen LogP contribution in [0.25, 0.3) is 0 Å². The van der Waals surface area contributed by atoms with Gasteiger partial charge < -0.3 is 14.8 Å². The van der Waals surface area contributed by atoms with Crippen LogP contribution in [0.1, 0.15) is 27.0 Å². The minimum Gasteiger partial charge on any atom is -0.452 e. The molecule has 0 spiro atoms. The highest BCUT2D eigenvalue weighted by molar-refractivity contribution is 5.92. The molecule has 0 fully saturated rings. The summed E-state index contributed by atoms with van der Waals surface area (Å²) in [6.07, 6.45) is 0.506. The summed E-state index contributed by atoms with van der Waals surface area (Å²) in [5.74, 6) is -0.876. The minimum atomic E-state index is -2.86. The van der Waals surface area contributed by atoms with Crippen LogP contribution in [0.5, 0.6) is 5.75 Å². The van der Waals surface area contributed by atoms with Gasteiger partial charge in [-0.1, -0.05) is 29.8 Å². The zero-order valence-corrected chi connectivity index (χ0v) is 15.1. The Labute approximate surface area is 156 Å². The Bertz CT molecular complexity index is 791. The average Bonchev–Trinajstić information content (AvgIpc) is 2.61. The number of halogens is 2. The van der Waals surface area contributed by atoms with Crippen molar-refractivity contribution in [2.45, 2.75) is 26.9 Å². The molecule has 1 N–H and O–H groups in total. The van der Waals surface area contributed by atoms with E-state index in [1.165, 1.54) is 12.1 Å². The summed E-state index contributed by atoms with van der Waals surface area (Å²) < 4.78 is 33.5. The first kappa shape index (κ1) is 20.4. The zero-order valence-electron chi connectivity index (χ0n) is 15.1. The third-order valence-electron chi connectivity index (χ3n) is 3.82. The molecule has 2 aromatic rings. The Kier molecular flexibility index (Phi) is 7.28. The number of nitrogens with one attached hydrogen (secondary N) is 1. The molecule has 0 aliphatic carbocycles. The molecular weight excluding hydrogens is 356 g/mol. The second kappa shape index (κ2) is 9.66. The summed E-state index contributed by atoms with van der Waals surface area (Å²) in [6, 6.07) is 11.5. The number of rotatable bonds is 8. The maximum absolute atomic E-state index is 12.1. The van der Waals surface area contributed by atoms with Gasteiger partial charge in [-0.2, -0.15) is 8.78 Å². The van der Waals surface area contributed by atoms with Gasteiger partial charge in [-0.05, 0) is 49.6 Å². The summed E-state index contributed by atoms with van der Waals surface area (Å²) in [7, 11) is 0. The Morgan fingerprint density at radius 3 is 2.41 bits per heavy atom. The lowest BCUT2D eigenvalue weighted by Crippen LogP contribution is -2.30. The lowest BCUT2D eigenvalue weighted by Gasteiger charge is -2.09. The number of benzene rings is 2. The lowest BCUT2D eigenvalue weighted by atomic mass is 10.1. The van der Waals surface area contributed by atoms with E-state index in [1.807, 2.05) is 13.0 Å². The van der Waals surface area contributed by atoms with E-state index in [2.05, 4.69) is 10.1 Å². The van der Waals surface area contributed by atoms with E-state index in [4.69, 9.17) is 4.74 Å². The molecule has 0 aliphatic heterocycles. The molecule has 2 rings (SSSR count). The van der Waals surface area contributed by atoms with Crippen molar-refractivity contribution < 1.29 is 27.8 Å². The summed E-state index contributed by atoms with van der Waals surface area (Å²) in [5.41, 5.74) is 3.11. The predicted molar refractivity (Wildman–Crippen MR) is 96.0 cm³/mol. The number of ether oxygens (including phenoxy) is 2. The topological polar surface area (TPSA) is 64.6 Å². The number of hydrogen-bond acceptors (Lipinski definition) is 4. The lowest BCUT2D eigenvalue weighted by molar-refractivity contribution is -0.124. The van der Waals surface area contributed by atoms with Gasteiger partial charge >= 0.3 is 12.6 Å². The van der Waals surface area contributed by atoms with Crippen molar-refractivity contribution in [3.8, 4) is 5.75 Å². The fourth-order valence-electron chi connectivity index (χ4n) is 2.49. The predicted octanol–water partition coefficient (Wildman–Crippen LogP) is 3.42. The molecular formula is C20H21F2NO4. The molecule has 5 nitrogen and oxygen atoms in total. The molecule has 1 amide bonds. The molecule has 0 aromatic heterocycles. The Balaban J connectivity index is 1.72. The highest BCUT2D eigenvalue weighted by atomic mass is 19.3. The Morgan fingerprint density at radius 2 is 1.78 bits per heavy atom. The van der Waals surface area contributed by atoms with Crippen LogP contribution in [0.3, 0.4) is 0 Å². The van der Waals surface area contributed by atoms with Crippen molar-refractivity contribution >= 4 is 11.9 Å². The number of carbonyl (C=O) groups excluding carboxylic acids is 2. The average molecular weight is 377 g/mol. The minimum absolute atomic E-state index is 0.0797. The standard InChI is InChI=1S/C20H21F2NO4/c1-13-3-8-17(14(2)11-13)19(25)26-12-18(24)23-10-9-15-4-6-16(7-5-15)27-20(21)22/h3-8,11,20H,9-10,12H2,1-2H3,(H,23,24). The number of hydrogen-bond donors (Lipinski definition) is 1. The van der Waals surface area contributed by atoms with Gasteiger partial charge in [-0.15, -0.1) is 0 Å². The zero-order chi connectivity index (χ0) is 19.8. The van der Waals surface area contributed by atoms with E-state index in [-0.39, 0.29) is 12.4 Å². The van der Waals surface area contributed by atoms with Gasteiger partial charge in [0, 0.05) is 6.54 Å². The quantitative estimate of drug-likeness (QED) is 0.716. The van der Waals surface area contributed by atoms with Gasteiger partial charge in [-0.25, -0.2) is 4.79 Å². The molecule has 27 heavy (non-hydrogen) atoms. The Hall–Kier alpha value is -2.96. The normalized spacial score (nSPS) is 10.6. The van der Waals surface area contributed by atoms with Crippen molar-refractivity contribution in [1.29, 1.82) is 0 Å². The fraction of sp³-hybridized carbons (Fsp3) is 0.300. The van der Waals surface area contributed by atoms with E-state index in [0.29, 0.717) is 18.5 Å². The smallest absolute Gasteiger partial charge is 0.387 e. The van der Waals surface area contributed by atoms with Crippen molar-refractivity contribution in [3.63, 3.8) is 0 Å². The first-order valence-corrected chi connectivity index (χ1v) is 8.40. The Morgan fingerprint density at radius 1 is 1.07 bits per heavy atom. The molecule has 0 atom stereocenters. The molecule has 0 saturated carbocycles. The van der Waals surface area contributed by atoms with Crippen molar-refractivity contribution in [1.82, 2.24) is 5.32 Å². The SMILES string of the molecule is Cc1ccc(C(=O)OCC(=O)NCCc2ccc(OC(F)F)cc2)c(C)c1. The van der Waals surface area contributed by atoms with Crippen molar-refractivity contribution in [2.75, 3.05) is 13.2 Å². The third kappa shape index (κ3) is 6.69. The fourth-order valence-corrected chi connectivity index (χ4v) is 2.49. The van der Waals surface area contributed by atoms with Crippen LogP contribution in [-0.4, -0.2) is 31.6 Å². The molecule has 0 aliphatic rings. The summed E-state index contributed by atoms with van der Waals surface area (Å²) in [6.45, 7) is 0.833. The van der Waals surface area contributed by atoms with Gasteiger partial charge in [0.15, 0.2) is 6.61 Å². The second-order valence-electron chi connectivity index (χ2n) is 6.02. The highest BCUT2D eigenvalue weighted by Gasteiger charge is 2.12. The summed E-state index contributed by atoms with van der Waals surface area (Å²) in [5, 5.41) is 2.64. The van der Waals surface area contributed by atoms with Crippen LogP contribution in [0.4, 0.5) is 8.78 Å². The number of amides is 1. The van der Waals surface area contributed by atoms with Crippen LogP contribution in [0, 0.1) is 13.8 Å². The van der Waals surface area contributed by atoms with E-state index in [0.717, 1.165) is 16.7 Å². The molecule has 2 aromatic carbocycles. The van der Waals surface area contributed by atoms with E-state index < -0.39 is 18.5 Å².